The summed E-state index contributed by atoms with van der Waals surface area (Å²) < 4.78 is 159. The third-order valence-electron chi connectivity index (χ3n) is 2.77. The Morgan fingerprint density at radius 3 is 1.15 bits per heavy atom. The van der Waals surface area contributed by atoms with Crippen LogP contribution in [0.25, 0.3) is 0 Å². The van der Waals surface area contributed by atoms with Crippen LogP contribution < -0.4 is 0 Å². The molecule has 19 heteroatoms. The van der Waals surface area contributed by atoms with E-state index in [4.69, 9.17) is 20.4 Å². The molecular formula is C14H13F13O6. The quantitative estimate of drug-likeness (QED) is 0.283. The molecule has 0 rings (SSSR count). The second-order valence-corrected chi connectivity index (χ2v) is 5.39. The largest absolute Gasteiger partial charge is 0.476 e. The van der Waals surface area contributed by atoms with Gasteiger partial charge in [-0.1, -0.05) is 13.2 Å². The summed E-state index contributed by atoms with van der Waals surface area (Å²) in [6.45, 7) is 3.34. The van der Waals surface area contributed by atoms with Gasteiger partial charge in [-0.15, -0.1) is 0 Å². The average Bonchev–Trinajstić information content (AvgIpc) is 2.60. The lowest BCUT2D eigenvalue weighted by atomic mass is 9.94. The van der Waals surface area contributed by atoms with E-state index in [2.05, 4.69) is 13.2 Å². The molecule has 1 unspecified atom stereocenters. The van der Waals surface area contributed by atoms with Crippen LogP contribution in [0.5, 0.6) is 0 Å². The molecule has 4 N–H and O–H groups in total. The number of alkyl halides is 11. The topological polar surface area (TPSA) is 115 Å². The first-order valence-electron chi connectivity index (χ1n) is 7.26. The maximum Gasteiger partial charge on any atom is 0.460 e. The molecule has 0 amide bonds. The van der Waals surface area contributed by atoms with Crippen LogP contribution in [0.2, 0.25) is 0 Å². The van der Waals surface area contributed by atoms with Gasteiger partial charge in [0.2, 0.25) is 11.7 Å². The van der Waals surface area contributed by atoms with E-state index in [1.165, 1.54) is 0 Å². The zero-order valence-electron chi connectivity index (χ0n) is 15.4. The van der Waals surface area contributed by atoms with Gasteiger partial charge < -0.3 is 20.4 Å². The molecule has 0 aliphatic carbocycles. The average molecular weight is 524 g/mol. The second-order valence-electron chi connectivity index (χ2n) is 5.39. The lowest BCUT2D eigenvalue weighted by Crippen LogP contribution is -2.66. The minimum absolute atomic E-state index is 1.32. The Hall–Kier alpha value is -2.57. The van der Waals surface area contributed by atoms with Gasteiger partial charge in [0.25, 0.3) is 0 Å². The van der Waals surface area contributed by atoms with Crippen LogP contribution in [0.4, 0.5) is 57.1 Å². The summed E-state index contributed by atoms with van der Waals surface area (Å²) >= 11 is 0. The molecule has 196 valence electrons. The minimum atomic E-state index is -7.49. The van der Waals surface area contributed by atoms with Crippen molar-refractivity contribution < 1.29 is 87.1 Å². The summed E-state index contributed by atoms with van der Waals surface area (Å²) in [5.74, 6) is -34.1. The van der Waals surface area contributed by atoms with Crippen molar-refractivity contribution in [3.63, 3.8) is 0 Å². The Morgan fingerprint density at radius 2 is 0.970 bits per heavy atom. The number of hydrogen-bond acceptors (Lipinski definition) is 4. The van der Waals surface area contributed by atoms with Gasteiger partial charge in [0.05, 0.1) is 12.7 Å². The summed E-state index contributed by atoms with van der Waals surface area (Å²) in [4.78, 5) is 18.4. The van der Waals surface area contributed by atoms with E-state index in [0.717, 1.165) is 0 Å². The summed E-state index contributed by atoms with van der Waals surface area (Å²) in [5.41, 5.74) is 0. The molecule has 33 heavy (non-hydrogen) atoms. The first-order chi connectivity index (χ1) is 14.2. The van der Waals surface area contributed by atoms with E-state index in [1.807, 2.05) is 0 Å². The maximum absolute atomic E-state index is 12.9. The minimum Gasteiger partial charge on any atom is -0.476 e. The smallest absolute Gasteiger partial charge is 0.460 e. The molecule has 0 radical (unpaired) electrons. The first-order valence-corrected chi connectivity index (χ1v) is 7.26. The summed E-state index contributed by atoms with van der Waals surface area (Å²) in [6, 6.07) is 0. The number of rotatable bonds is 8. The SMILES string of the molecule is C=C(F)C(=O)O.C=C(F)C(=O)O.OCC(O)CC(F)(F)C(F)(F)C(F)(F)C(F)(F)C(F)(F)F. The third-order valence-corrected chi connectivity index (χ3v) is 2.77. The predicted molar refractivity (Wildman–Crippen MR) is 79.3 cm³/mol. The first kappa shape index (κ1) is 35.0. The highest BCUT2D eigenvalue weighted by Crippen LogP contribution is 2.58. The van der Waals surface area contributed by atoms with E-state index < -0.39 is 72.6 Å². The molecule has 0 bridgehead atoms. The second kappa shape index (κ2) is 12.1. The molecule has 0 fully saturated rings. The number of aliphatic hydroxyl groups is 2. The lowest BCUT2D eigenvalue weighted by Gasteiger charge is -2.37. The number of carboxylic acids is 2. The predicted octanol–water partition coefficient (Wildman–Crippen LogP) is 3.94. The Kier molecular flexibility index (Phi) is 12.8. The van der Waals surface area contributed by atoms with Crippen molar-refractivity contribution in [1.82, 2.24) is 0 Å². The van der Waals surface area contributed by atoms with Crippen LogP contribution in [-0.2, 0) is 9.59 Å². The fourth-order valence-corrected chi connectivity index (χ4v) is 1.09. The normalized spacial score (nSPS) is 13.5. The Morgan fingerprint density at radius 1 is 0.697 bits per heavy atom. The Bertz CT molecular complexity index is 654. The number of aliphatic carboxylic acids is 2. The van der Waals surface area contributed by atoms with Gasteiger partial charge in [0.15, 0.2) is 0 Å². The van der Waals surface area contributed by atoms with Crippen LogP contribution in [-0.4, -0.2) is 74.9 Å². The number of hydrogen-bond donors (Lipinski definition) is 4. The van der Waals surface area contributed by atoms with Crippen molar-refractivity contribution in [2.45, 2.75) is 42.4 Å². The molecule has 0 spiro atoms. The van der Waals surface area contributed by atoms with Crippen molar-refractivity contribution in [2.75, 3.05) is 6.61 Å². The van der Waals surface area contributed by atoms with E-state index in [-0.39, 0.29) is 0 Å². The summed E-state index contributed by atoms with van der Waals surface area (Å²) in [6.07, 6.45) is -12.6. The molecule has 0 aliphatic rings. The van der Waals surface area contributed by atoms with Gasteiger partial charge in [-0.2, -0.15) is 57.1 Å². The highest BCUT2D eigenvalue weighted by atomic mass is 19.4. The fraction of sp³-hybridized carbons (Fsp3) is 0.571. The number of carbonyl (C=O) groups is 2. The molecule has 0 aliphatic heterocycles. The maximum atomic E-state index is 12.9. The van der Waals surface area contributed by atoms with Crippen LogP contribution >= 0.6 is 0 Å². The van der Waals surface area contributed by atoms with Gasteiger partial charge in [0.1, 0.15) is 0 Å². The van der Waals surface area contributed by atoms with Gasteiger partial charge in [-0.3, -0.25) is 0 Å². The van der Waals surface area contributed by atoms with Crippen molar-refractivity contribution in [1.29, 1.82) is 0 Å². The Balaban J connectivity index is -0.000000611. The van der Waals surface area contributed by atoms with Crippen LogP contribution in [0.1, 0.15) is 6.42 Å². The monoisotopic (exact) mass is 524 g/mol. The van der Waals surface area contributed by atoms with E-state index in [9.17, 15) is 66.7 Å². The Labute approximate surface area is 174 Å². The highest BCUT2D eigenvalue weighted by Gasteiger charge is 2.87. The van der Waals surface area contributed by atoms with Crippen molar-refractivity contribution in [3.8, 4) is 0 Å². The highest BCUT2D eigenvalue weighted by molar-refractivity contribution is 5.83. The van der Waals surface area contributed by atoms with Crippen molar-refractivity contribution in [2.24, 2.45) is 0 Å². The van der Waals surface area contributed by atoms with Crippen molar-refractivity contribution >= 4 is 11.9 Å². The molecule has 1 atom stereocenters. The number of halogens is 13. The molecule has 0 aromatic rings. The van der Waals surface area contributed by atoms with Crippen LogP contribution in [0, 0.1) is 0 Å². The van der Waals surface area contributed by atoms with Gasteiger partial charge in [-0.05, 0) is 0 Å². The lowest BCUT2D eigenvalue weighted by molar-refractivity contribution is -0.423. The molecule has 0 aromatic heterocycles. The number of carboxylic acid groups (broad SMARTS) is 2. The molecule has 0 saturated carbocycles. The van der Waals surface area contributed by atoms with Crippen LogP contribution in [0.3, 0.4) is 0 Å². The van der Waals surface area contributed by atoms with Gasteiger partial charge in [-0.25, -0.2) is 9.59 Å². The number of aliphatic hydroxyl groups excluding tert-OH is 2. The van der Waals surface area contributed by atoms with Crippen LogP contribution in [0.15, 0.2) is 24.8 Å². The third kappa shape index (κ3) is 9.44. The van der Waals surface area contributed by atoms with E-state index in [0.29, 0.717) is 0 Å². The summed E-state index contributed by atoms with van der Waals surface area (Å²) in [5, 5.41) is 31.6. The van der Waals surface area contributed by atoms with Crippen molar-refractivity contribution in [3.05, 3.63) is 24.8 Å². The molecule has 0 aromatic carbocycles. The van der Waals surface area contributed by atoms with Gasteiger partial charge >= 0.3 is 41.8 Å². The van der Waals surface area contributed by atoms with E-state index in [1.54, 1.807) is 0 Å². The molecule has 6 nitrogen and oxygen atoms in total. The zero-order valence-corrected chi connectivity index (χ0v) is 15.4. The molecule has 0 heterocycles. The molecule has 0 saturated heterocycles. The summed E-state index contributed by atoms with van der Waals surface area (Å²) in [7, 11) is 0. The van der Waals surface area contributed by atoms with Gasteiger partial charge in [0, 0.05) is 6.42 Å². The van der Waals surface area contributed by atoms with E-state index >= 15 is 0 Å². The fourth-order valence-electron chi connectivity index (χ4n) is 1.09. The molecular weight excluding hydrogens is 511 g/mol. The zero-order chi connectivity index (χ0) is 27.8. The standard InChI is InChI=1S/C8H7F11O2.2C3H3FO2/c9-4(10,1-3(21)2-20)5(11,12)6(13,14)7(15,16)8(17,18)19;2*1-2(4)3(5)6/h3,20-21H,1-2H2;2*1H2,(H,5,6).